The number of hydrogen-bond donors (Lipinski definition) is 2. The van der Waals surface area contributed by atoms with Crippen molar-refractivity contribution in [2.24, 2.45) is 0 Å². The second-order valence-corrected chi connectivity index (χ2v) is 1.55. The molecule has 52 valence electrons. The SMILES string of the molecule is C#COn1c(O)ccc1O. The van der Waals surface area contributed by atoms with E-state index in [-0.39, 0.29) is 11.8 Å². The molecule has 0 atom stereocenters. The van der Waals surface area contributed by atoms with E-state index in [0.717, 1.165) is 4.73 Å². The molecule has 0 unspecified atom stereocenters. The molecule has 0 spiro atoms. The van der Waals surface area contributed by atoms with Crippen LogP contribution in [0.25, 0.3) is 0 Å². The van der Waals surface area contributed by atoms with Gasteiger partial charge in [0.05, 0.1) is 0 Å². The molecule has 0 aliphatic carbocycles. The monoisotopic (exact) mass is 139 g/mol. The Bertz CT molecular complexity index is 252. The number of hydrogen-bond acceptors (Lipinski definition) is 3. The molecular weight excluding hydrogens is 134 g/mol. The molecule has 0 fully saturated rings. The fraction of sp³-hybridized carbons (Fsp3) is 0. The molecule has 4 nitrogen and oxygen atoms in total. The quantitative estimate of drug-likeness (QED) is 0.535. The largest absolute Gasteiger partial charge is 0.492 e. The predicted molar refractivity (Wildman–Crippen MR) is 33.2 cm³/mol. The molecule has 0 aliphatic rings. The molecule has 0 aliphatic heterocycles. The minimum absolute atomic E-state index is 0.240. The van der Waals surface area contributed by atoms with Gasteiger partial charge in [-0.05, 0) is 0 Å². The van der Waals surface area contributed by atoms with Crippen LogP contribution in [0.1, 0.15) is 0 Å². The maximum Gasteiger partial charge on any atom is 0.230 e. The summed E-state index contributed by atoms with van der Waals surface area (Å²) < 4.78 is 0.722. The summed E-state index contributed by atoms with van der Waals surface area (Å²) in [5, 5.41) is 17.7. The lowest BCUT2D eigenvalue weighted by Gasteiger charge is -1.98. The van der Waals surface area contributed by atoms with Crippen molar-refractivity contribution in [1.29, 1.82) is 0 Å². The molecule has 1 heterocycles. The highest BCUT2D eigenvalue weighted by Crippen LogP contribution is 2.17. The van der Waals surface area contributed by atoms with Crippen molar-refractivity contribution in [3.8, 4) is 24.3 Å². The molecule has 0 saturated carbocycles. The molecular formula is C6H5NO3. The van der Waals surface area contributed by atoms with Gasteiger partial charge in [-0.1, -0.05) is 11.2 Å². The summed E-state index contributed by atoms with van der Waals surface area (Å²) in [5.74, 6) is -0.481. The number of nitrogens with zero attached hydrogens (tertiary/aromatic N) is 1. The maximum atomic E-state index is 8.84. The van der Waals surface area contributed by atoms with Crippen molar-refractivity contribution in [2.45, 2.75) is 0 Å². The summed E-state index contributed by atoms with van der Waals surface area (Å²) in [6.07, 6.45) is 6.54. The Kier molecular flexibility index (Phi) is 1.42. The summed E-state index contributed by atoms with van der Waals surface area (Å²) in [6, 6.07) is 2.51. The smallest absolute Gasteiger partial charge is 0.230 e. The minimum atomic E-state index is -0.240. The Balaban J connectivity index is 3.01. The lowest BCUT2D eigenvalue weighted by Crippen LogP contribution is -2.02. The van der Waals surface area contributed by atoms with Gasteiger partial charge >= 0.3 is 0 Å². The van der Waals surface area contributed by atoms with E-state index in [9.17, 15) is 0 Å². The summed E-state index contributed by atoms with van der Waals surface area (Å²) >= 11 is 0. The van der Waals surface area contributed by atoms with Crippen molar-refractivity contribution in [1.82, 2.24) is 4.73 Å². The van der Waals surface area contributed by atoms with Gasteiger partial charge in [0.15, 0.2) is 0 Å². The van der Waals surface area contributed by atoms with Crippen LogP contribution in [0.4, 0.5) is 0 Å². The maximum absolute atomic E-state index is 8.84. The molecule has 0 aromatic carbocycles. The Morgan fingerprint density at radius 2 is 1.90 bits per heavy atom. The van der Waals surface area contributed by atoms with Gasteiger partial charge in [0.1, 0.15) is 6.11 Å². The van der Waals surface area contributed by atoms with Gasteiger partial charge in [-0.25, -0.2) is 0 Å². The van der Waals surface area contributed by atoms with Gasteiger partial charge in [0.25, 0.3) is 0 Å². The van der Waals surface area contributed by atoms with Crippen LogP contribution in [0, 0.1) is 12.5 Å². The fourth-order valence-electron chi connectivity index (χ4n) is 0.548. The second-order valence-electron chi connectivity index (χ2n) is 1.55. The van der Waals surface area contributed by atoms with Crippen LogP contribution in [0.2, 0.25) is 0 Å². The molecule has 0 saturated heterocycles. The number of aromatic hydroxyl groups is 2. The average Bonchev–Trinajstić information content (AvgIpc) is 2.20. The molecule has 4 heteroatoms. The van der Waals surface area contributed by atoms with E-state index in [2.05, 4.69) is 4.84 Å². The normalized spacial score (nSPS) is 8.70. The Morgan fingerprint density at radius 3 is 2.30 bits per heavy atom. The van der Waals surface area contributed by atoms with Crippen molar-refractivity contribution >= 4 is 0 Å². The highest BCUT2D eigenvalue weighted by Gasteiger charge is 2.04. The highest BCUT2D eigenvalue weighted by atomic mass is 16.7. The van der Waals surface area contributed by atoms with Gasteiger partial charge in [0, 0.05) is 12.1 Å². The van der Waals surface area contributed by atoms with Crippen LogP contribution >= 0.6 is 0 Å². The van der Waals surface area contributed by atoms with Gasteiger partial charge in [-0.3, -0.25) is 0 Å². The molecule has 1 aromatic rings. The number of terminal acetylenes is 1. The van der Waals surface area contributed by atoms with E-state index in [1.54, 1.807) is 6.11 Å². The minimum Gasteiger partial charge on any atom is -0.492 e. The van der Waals surface area contributed by atoms with Crippen LogP contribution in [0.15, 0.2) is 12.1 Å². The first-order chi connectivity index (χ1) is 4.75. The molecule has 0 bridgehead atoms. The van der Waals surface area contributed by atoms with Gasteiger partial charge in [-0.2, -0.15) is 0 Å². The lowest BCUT2D eigenvalue weighted by atomic mass is 10.6. The zero-order valence-electron chi connectivity index (χ0n) is 4.98. The van der Waals surface area contributed by atoms with Crippen molar-refractivity contribution < 1.29 is 15.1 Å². The van der Waals surface area contributed by atoms with Crippen molar-refractivity contribution in [2.75, 3.05) is 0 Å². The van der Waals surface area contributed by atoms with Crippen molar-refractivity contribution in [3.05, 3.63) is 12.1 Å². The van der Waals surface area contributed by atoms with Crippen LogP contribution in [0.3, 0.4) is 0 Å². The number of rotatable bonds is 1. The lowest BCUT2D eigenvalue weighted by molar-refractivity contribution is 0.171. The van der Waals surface area contributed by atoms with Gasteiger partial charge in [0.2, 0.25) is 11.8 Å². The summed E-state index contributed by atoms with van der Waals surface area (Å²) in [4.78, 5) is 4.35. The summed E-state index contributed by atoms with van der Waals surface area (Å²) in [7, 11) is 0. The molecule has 10 heavy (non-hydrogen) atoms. The van der Waals surface area contributed by atoms with Crippen LogP contribution in [-0.4, -0.2) is 14.9 Å². The Labute approximate surface area is 57.2 Å². The third kappa shape index (κ3) is 0.845. The van der Waals surface area contributed by atoms with Crippen molar-refractivity contribution in [3.63, 3.8) is 0 Å². The number of aromatic nitrogens is 1. The molecule has 0 radical (unpaired) electrons. The third-order valence-electron chi connectivity index (χ3n) is 0.942. The van der Waals surface area contributed by atoms with Gasteiger partial charge < -0.3 is 15.1 Å². The van der Waals surface area contributed by atoms with E-state index >= 15 is 0 Å². The molecule has 2 N–H and O–H groups in total. The Morgan fingerprint density at radius 1 is 1.40 bits per heavy atom. The second kappa shape index (κ2) is 2.23. The molecule has 1 aromatic heterocycles. The predicted octanol–water partition coefficient (Wildman–Crippen LogP) is -0.0814. The molecule has 1 rings (SSSR count). The van der Waals surface area contributed by atoms with Crippen LogP contribution in [0.5, 0.6) is 11.8 Å². The standard InChI is InChI=1S/C6H5NO3/c1-2-10-7-5(8)3-4-6(7)9/h1,3-4,8-9H. The molecule has 0 amide bonds. The summed E-state index contributed by atoms with van der Waals surface area (Å²) in [5.41, 5.74) is 0. The van der Waals surface area contributed by atoms with E-state index in [1.165, 1.54) is 12.1 Å². The van der Waals surface area contributed by atoms with Crippen LogP contribution < -0.4 is 4.84 Å². The Hall–Kier alpha value is -1.76. The van der Waals surface area contributed by atoms with E-state index in [4.69, 9.17) is 16.6 Å². The first-order valence-electron chi connectivity index (χ1n) is 2.48. The van der Waals surface area contributed by atoms with E-state index in [0.29, 0.717) is 0 Å². The zero-order valence-corrected chi connectivity index (χ0v) is 4.98. The summed E-state index contributed by atoms with van der Waals surface area (Å²) in [6.45, 7) is 0. The first kappa shape index (κ1) is 6.36. The highest BCUT2D eigenvalue weighted by molar-refractivity contribution is 5.22. The fourth-order valence-corrected chi connectivity index (χ4v) is 0.548. The van der Waals surface area contributed by atoms with E-state index in [1.807, 2.05) is 0 Å². The first-order valence-corrected chi connectivity index (χ1v) is 2.48. The average molecular weight is 139 g/mol. The van der Waals surface area contributed by atoms with E-state index < -0.39 is 0 Å². The van der Waals surface area contributed by atoms with Crippen LogP contribution in [-0.2, 0) is 0 Å². The van der Waals surface area contributed by atoms with Gasteiger partial charge in [-0.15, -0.1) is 0 Å². The third-order valence-corrected chi connectivity index (χ3v) is 0.942. The topological polar surface area (TPSA) is 54.6 Å². The zero-order chi connectivity index (χ0) is 7.56.